The van der Waals surface area contributed by atoms with Crippen molar-refractivity contribution >= 4 is 25.0 Å². The number of methoxy groups -OCH3 is 1. The number of nitrogens with zero attached hydrogens (tertiary/aromatic N) is 3. The zero-order valence-corrected chi connectivity index (χ0v) is 16.4. The highest BCUT2D eigenvalue weighted by molar-refractivity contribution is 7.32. The van der Waals surface area contributed by atoms with E-state index in [0.29, 0.717) is 12.3 Å². The number of para-hydroxylation sites is 1. The largest absolute Gasteiger partial charge is 0.494 e. The topological polar surface area (TPSA) is 105 Å². The van der Waals surface area contributed by atoms with Crippen molar-refractivity contribution in [2.45, 2.75) is 31.8 Å². The third kappa shape index (κ3) is 4.96. The van der Waals surface area contributed by atoms with Crippen LogP contribution in [0.1, 0.15) is 25.7 Å². The van der Waals surface area contributed by atoms with Gasteiger partial charge in [-0.25, -0.2) is 9.97 Å². The van der Waals surface area contributed by atoms with E-state index in [0.717, 1.165) is 54.8 Å². The minimum absolute atomic E-state index is 0.232. The Morgan fingerprint density at radius 3 is 2.78 bits per heavy atom. The number of piperidine rings is 1. The molecule has 0 saturated carbocycles. The summed E-state index contributed by atoms with van der Waals surface area (Å²) in [6.45, 7) is 1.54. The molecule has 2 unspecified atom stereocenters. The molecule has 0 spiro atoms. The molecule has 8 nitrogen and oxygen atoms in total. The molecule has 1 aromatic heterocycles. The van der Waals surface area contributed by atoms with Crippen molar-refractivity contribution in [3.63, 3.8) is 0 Å². The van der Waals surface area contributed by atoms with Crippen molar-refractivity contribution in [2.75, 3.05) is 31.7 Å². The highest BCUT2D eigenvalue weighted by Crippen LogP contribution is 2.32. The molecule has 1 aliphatic rings. The monoisotopic (exact) mass is 395 g/mol. The second kappa shape index (κ2) is 9.46. The van der Waals surface area contributed by atoms with Gasteiger partial charge in [0.15, 0.2) is 0 Å². The van der Waals surface area contributed by atoms with Crippen molar-refractivity contribution in [3.05, 3.63) is 24.5 Å². The molecule has 0 amide bonds. The van der Waals surface area contributed by atoms with Gasteiger partial charge >= 0.3 is 8.25 Å². The number of aliphatic hydroxyl groups is 1. The number of benzene rings is 1. The molecule has 1 aromatic carbocycles. The van der Waals surface area contributed by atoms with Crippen LogP contribution in [0.5, 0.6) is 5.75 Å². The predicted octanol–water partition coefficient (Wildman–Crippen LogP) is 2.39. The first-order valence-electron chi connectivity index (χ1n) is 9.15. The van der Waals surface area contributed by atoms with Crippen molar-refractivity contribution in [3.8, 4) is 5.75 Å². The lowest BCUT2D eigenvalue weighted by atomic mass is 9.91. The zero-order chi connectivity index (χ0) is 19.2. The Hall–Kier alpha value is -1.73. The van der Waals surface area contributed by atoms with Gasteiger partial charge in [0, 0.05) is 18.5 Å². The Morgan fingerprint density at radius 1 is 1.33 bits per heavy atom. The van der Waals surface area contributed by atoms with Gasteiger partial charge in [0.25, 0.3) is 0 Å². The third-order valence-corrected chi connectivity index (χ3v) is 5.64. The van der Waals surface area contributed by atoms with E-state index >= 15 is 0 Å². The quantitative estimate of drug-likeness (QED) is 0.657. The number of fused-ring (bicyclic) bond motifs is 1. The Balaban J connectivity index is 1.61. The Labute approximate surface area is 159 Å². The summed E-state index contributed by atoms with van der Waals surface area (Å²) in [5, 5.41) is 10.2. The van der Waals surface area contributed by atoms with E-state index in [-0.39, 0.29) is 6.61 Å². The second-order valence-corrected chi connectivity index (χ2v) is 7.52. The molecule has 1 fully saturated rings. The van der Waals surface area contributed by atoms with Gasteiger partial charge in [-0.2, -0.15) is 0 Å². The maximum absolute atomic E-state index is 10.8. The first-order valence-corrected chi connectivity index (χ1v) is 10.4. The van der Waals surface area contributed by atoms with Crippen molar-refractivity contribution in [2.24, 2.45) is 5.92 Å². The lowest BCUT2D eigenvalue weighted by Crippen LogP contribution is -2.34. The van der Waals surface area contributed by atoms with Gasteiger partial charge in [0.05, 0.1) is 19.8 Å². The minimum Gasteiger partial charge on any atom is -0.494 e. The van der Waals surface area contributed by atoms with Crippen molar-refractivity contribution < 1.29 is 23.8 Å². The van der Waals surface area contributed by atoms with E-state index < -0.39 is 14.4 Å². The summed E-state index contributed by atoms with van der Waals surface area (Å²) >= 11 is 0. The Kier molecular flexibility index (Phi) is 7.01. The van der Waals surface area contributed by atoms with Gasteiger partial charge in [0.1, 0.15) is 23.4 Å². The number of hydrogen-bond acceptors (Lipinski definition) is 7. The lowest BCUT2D eigenvalue weighted by Gasteiger charge is -2.33. The second-order valence-electron chi connectivity index (χ2n) is 6.75. The molecule has 2 heterocycles. The Bertz CT molecular complexity index is 783. The molecule has 27 heavy (non-hydrogen) atoms. The summed E-state index contributed by atoms with van der Waals surface area (Å²) < 4.78 is 21.1. The molecule has 0 aliphatic carbocycles. The average Bonchev–Trinajstić information content (AvgIpc) is 2.70. The number of aromatic nitrogens is 2. The summed E-state index contributed by atoms with van der Waals surface area (Å²) in [5.41, 5.74) is 0.814. The van der Waals surface area contributed by atoms with Crippen LogP contribution in [0, 0.1) is 5.92 Å². The first-order chi connectivity index (χ1) is 13.1. The highest BCUT2D eigenvalue weighted by atomic mass is 31.1. The fourth-order valence-corrected chi connectivity index (χ4v) is 4.13. The van der Waals surface area contributed by atoms with Gasteiger partial charge in [-0.05, 0) is 43.7 Å². The summed E-state index contributed by atoms with van der Waals surface area (Å²) in [6, 6.07) is 5.86. The maximum atomic E-state index is 10.8. The van der Waals surface area contributed by atoms with E-state index in [9.17, 15) is 9.67 Å². The molecular weight excluding hydrogens is 369 g/mol. The van der Waals surface area contributed by atoms with Crippen LogP contribution in [-0.2, 0) is 9.09 Å². The van der Waals surface area contributed by atoms with E-state index in [1.807, 2.05) is 18.2 Å². The molecule has 2 aromatic rings. The SMILES string of the molecule is COc1cccc2c(N3CCC(CCC(CO)O[PH](=O)O)CC3)ncnc12. The summed E-state index contributed by atoms with van der Waals surface area (Å²) in [5.74, 6) is 2.17. The minimum atomic E-state index is -3.01. The third-order valence-electron chi connectivity index (χ3n) is 5.11. The molecule has 2 N–H and O–H groups in total. The highest BCUT2D eigenvalue weighted by Gasteiger charge is 2.23. The van der Waals surface area contributed by atoms with Crippen LogP contribution in [0.3, 0.4) is 0 Å². The summed E-state index contributed by atoms with van der Waals surface area (Å²) in [6.07, 6.45) is 4.48. The number of aliphatic hydroxyl groups excluding tert-OH is 1. The normalized spacial score (nSPS) is 17.8. The summed E-state index contributed by atoms with van der Waals surface area (Å²) in [7, 11) is -1.37. The van der Waals surface area contributed by atoms with Crippen LogP contribution in [-0.4, -0.2) is 52.9 Å². The van der Waals surface area contributed by atoms with Gasteiger partial charge < -0.3 is 24.2 Å². The molecule has 9 heteroatoms. The number of anilines is 1. The average molecular weight is 395 g/mol. The molecule has 3 rings (SSSR count). The van der Waals surface area contributed by atoms with Crippen LogP contribution >= 0.6 is 8.25 Å². The molecule has 0 bridgehead atoms. The van der Waals surface area contributed by atoms with Crippen LogP contribution in [0.4, 0.5) is 5.82 Å². The van der Waals surface area contributed by atoms with Crippen molar-refractivity contribution in [1.29, 1.82) is 0 Å². The smallest absolute Gasteiger partial charge is 0.316 e. The molecule has 1 aliphatic heterocycles. The maximum Gasteiger partial charge on any atom is 0.316 e. The van der Waals surface area contributed by atoms with E-state index in [2.05, 4.69) is 14.9 Å². The molecular formula is C18H26N3O5P. The number of ether oxygens (including phenoxy) is 1. The van der Waals surface area contributed by atoms with Crippen LogP contribution in [0.15, 0.2) is 24.5 Å². The lowest BCUT2D eigenvalue weighted by molar-refractivity contribution is 0.0969. The van der Waals surface area contributed by atoms with Crippen molar-refractivity contribution in [1.82, 2.24) is 9.97 Å². The van der Waals surface area contributed by atoms with Gasteiger partial charge in [-0.1, -0.05) is 6.07 Å². The van der Waals surface area contributed by atoms with E-state index in [1.165, 1.54) is 0 Å². The molecule has 1 saturated heterocycles. The molecule has 0 radical (unpaired) electrons. The van der Waals surface area contributed by atoms with Gasteiger partial charge in [0.2, 0.25) is 0 Å². The van der Waals surface area contributed by atoms with Gasteiger partial charge in [-0.15, -0.1) is 0 Å². The fourth-order valence-electron chi connectivity index (χ4n) is 3.65. The van der Waals surface area contributed by atoms with Gasteiger partial charge in [-0.3, -0.25) is 4.57 Å². The fraction of sp³-hybridized carbons (Fsp3) is 0.556. The van der Waals surface area contributed by atoms with E-state index in [4.69, 9.17) is 14.2 Å². The zero-order valence-electron chi connectivity index (χ0n) is 15.4. The molecule has 148 valence electrons. The standard InChI is InChI=1S/C18H26N3O5P/c1-25-16-4-2-3-15-17(16)19-12-20-18(15)21-9-7-13(8-10-21)5-6-14(11-22)26-27(23)24/h2-4,12-14,22,27H,5-11H2,1H3,(H,23,24). The first kappa shape index (κ1) is 20.0. The number of hydrogen-bond donors (Lipinski definition) is 2. The predicted molar refractivity (Wildman–Crippen MR) is 103 cm³/mol. The van der Waals surface area contributed by atoms with E-state index in [1.54, 1.807) is 13.4 Å². The Morgan fingerprint density at radius 2 is 2.11 bits per heavy atom. The summed E-state index contributed by atoms with van der Waals surface area (Å²) in [4.78, 5) is 20.0. The number of rotatable bonds is 8. The van der Waals surface area contributed by atoms with Crippen LogP contribution in [0.25, 0.3) is 10.9 Å². The van der Waals surface area contributed by atoms with Crippen LogP contribution < -0.4 is 9.64 Å². The van der Waals surface area contributed by atoms with Crippen LogP contribution in [0.2, 0.25) is 0 Å². The molecule has 2 atom stereocenters.